The van der Waals surface area contributed by atoms with E-state index in [1.54, 1.807) is 31.7 Å². The zero-order valence-corrected chi connectivity index (χ0v) is 18.4. The highest BCUT2D eigenvalue weighted by molar-refractivity contribution is 7.88. The van der Waals surface area contributed by atoms with Crippen LogP contribution in [0.5, 0.6) is 5.75 Å². The molecule has 2 aliphatic heterocycles. The molecule has 1 aromatic rings. The minimum absolute atomic E-state index is 0.120. The first-order chi connectivity index (χ1) is 14.2. The molecule has 3 rings (SSSR count). The fraction of sp³-hybridized carbons (Fsp3) is 0.650. The number of likely N-dealkylation sites (tertiary alicyclic amines) is 1. The number of carbonyl (C=O) groups is 1. The first-order valence-electron chi connectivity index (χ1n) is 9.92. The van der Waals surface area contributed by atoms with Gasteiger partial charge in [-0.05, 0) is 57.7 Å². The molecule has 7 nitrogen and oxygen atoms in total. The van der Waals surface area contributed by atoms with Gasteiger partial charge in [-0.25, -0.2) is 4.79 Å². The van der Waals surface area contributed by atoms with Gasteiger partial charge in [-0.3, -0.25) is 0 Å². The van der Waals surface area contributed by atoms with Gasteiger partial charge in [-0.2, -0.15) is 21.6 Å². The number of ether oxygens (including phenoxy) is 2. The van der Waals surface area contributed by atoms with Crippen molar-refractivity contribution in [1.29, 1.82) is 0 Å². The Morgan fingerprint density at radius 3 is 2.42 bits per heavy atom. The minimum Gasteiger partial charge on any atom is -0.444 e. The number of alkyl halides is 3. The van der Waals surface area contributed by atoms with Crippen molar-refractivity contribution in [3.63, 3.8) is 0 Å². The van der Waals surface area contributed by atoms with Crippen LogP contribution in [0, 0.1) is 0 Å². The molecule has 1 aromatic carbocycles. The monoisotopic (exact) mass is 465 g/mol. The Kier molecular flexibility index (Phi) is 6.22. The van der Waals surface area contributed by atoms with Gasteiger partial charge in [0.1, 0.15) is 11.4 Å². The maximum absolute atomic E-state index is 12.6. The van der Waals surface area contributed by atoms with Crippen molar-refractivity contribution in [2.75, 3.05) is 19.7 Å². The van der Waals surface area contributed by atoms with E-state index in [-0.39, 0.29) is 12.0 Å². The number of amides is 1. The quantitative estimate of drug-likeness (QED) is 0.492. The van der Waals surface area contributed by atoms with Crippen LogP contribution in [-0.2, 0) is 19.6 Å². The molecule has 1 spiro atoms. The third-order valence-corrected chi connectivity index (χ3v) is 6.33. The van der Waals surface area contributed by atoms with Gasteiger partial charge >= 0.3 is 21.7 Å². The van der Waals surface area contributed by atoms with Crippen LogP contribution in [-0.4, -0.2) is 55.8 Å². The number of hydrogen-bond donors (Lipinski definition) is 0. The highest BCUT2D eigenvalue weighted by Crippen LogP contribution is 2.43. The molecule has 174 valence electrons. The lowest BCUT2D eigenvalue weighted by atomic mass is 9.83. The molecule has 31 heavy (non-hydrogen) atoms. The van der Waals surface area contributed by atoms with Gasteiger partial charge in [0, 0.05) is 19.0 Å². The van der Waals surface area contributed by atoms with Gasteiger partial charge in [-0.15, -0.1) is 0 Å². The molecule has 1 atom stereocenters. The third-order valence-electron chi connectivity index (χ3n) is 5.35. The number of nitrogens with zero attached hydrogens (tertiary/aromatic N) is 1. The summed E-state index contributed by atoms with van der Waals surface area (Å²) in [4.78, 5) is 13.9. The maximum atomic E-state index is 12.6. The summed E-state index contributed by atoms with van der Waals surface area (Å²) in [5, 5.41) is 0. The van der Waals surface area contributed by atoms with Crippen molar-refractivity contribution in [1.82, 2.24) is 4.90 Å². The van der Waals surface area contributed by atoms with Crippen molar-refractivity contribution in [3.05, 3.63) is 29.8 Å². The average molecular weight is 465 g/mol. The number of hydrogen-bond acceptors (Lipinski definition) is 6. The summed E-state index contributed by atoms with van der Waals surface area (Å²) in [6, 6.07) is 5.62. The highest BCUT2D eigenvalue weighted by atomic mass is 32.2. The van der Waals surface area contributed by atoms with Crippen molar-refractivity contribution in [3.8, 4) is 5.75 Å². The molecular formula is C20H26F3NO6S. The molecule has 0 aliphatic carbocycles. The van der Waals surface area contributed by atoms with Gasteiger partial charge < -0.3 is 18.6 Å². The number of rotatable bonds is 3. The van der Waals surface area contributed by atoms with Crippen molar-refractivity contribution >= 4 is 16.2 Å². The van der Waals surface area contributed by atoms with E-state index in [9.17, 15) is 26.4 Å². The zero-order valence-electron chi connectivity index (χ0n) is 17.6. The number of halogens is 3. The lowest BCUT2D eigenvalue weighted by Gasteiger charge is -2.39. The van der Waals surface area contributed by atoms with Gasteiger partial charge in [0.25, 0.3) is 0 Å². The lowest BCUT2D eigenvalue weighted by Crippen LogP contribution is -2.47. The molecular weight excluding hydrogens is 439 g/mol. The van der Waals surface area contributed by atoms with E-state index in [0.29, 0.717) is 44.5 Å². The van der Waals surface area contributed by atoms with Gasteiger partial charge in [0.15, 0.2) is 0 Å². The summed E-state index contributed by atoms with van der Waals surface area (Å²) in [5.41, 5.74) is -5.86. The van der Waals surface area contributed by atoms with E-state index in [0.717, 1.165) is 6.07 Å². The Bertz CT molecular complexity index is 918. The summed E-state index contributed by atoms with van der Waals surface area (Å²) in [7, 11) is -5.73. The van der Waals surface area contributed by atoms with Crippen LogP contribution < -0.4 is 4.18 Å². The number of benzene rings is 1. The van der Waals surface area contributed by atoms with Crippen LogP contribution in [0.2, 0.25) is 0 Å². The maximum Gasteiger partial charge on any atom is 0.534 e. The van der Waals surface area contributed by atoms with E-state index in [4.69, 9.17) is 9.47 Å². The molecule has 0 N–H and O–H groups in total. The van der Waals surface area contributed by atoms with E-state index in [2.05, 4.69) is 4.18 Å². The number of carbonyl (C=O) groups excluding carboxylic acids is 1. The summed E-state index contributed by atoms with van der Waals surface area (Å²) in [6.45, 7) is 6.72. The molecule has 2 fully saturated rings. The Morgan fingerprint density at radius 2 is 1.84 bits per heavy atom. The van der Waals surface area contributed by atoms with Crippen LogP contribution in [0.4, 0.5) is 18.0 Å². The van der Waals surface area contributed by atoms with Gasteiger partial charge in [0.05, 0.1) is 12.2 Å². The van der Waals surface area contributed by atoms with Gasteiger partial charge in [-0.1, -0.05) is 12.1 Å². The Morgan fingerprint density at radius 1 is 1.19 bits per heavy atom. The third kappa shape index (κ3) is 5.62. The second-order valence-corrected chi connectivity index (χ2v) is 10.5. The van der Waals surface area contributed by atoms with Crippen LogP contribution in [0.25, 0.3) is 0 Å². The van der Waals surface area contributed by atoms with Crippen LogP contribution in [0.3, 0.4) is 0 Å². The fourth-order valence-corrected chi connectivity index (χ4v) is 4.28. The van der Waals surface area contributed by atoms with Crippen LogP contribution >= 0.6 is 0 Å². The molecule has 0 radical (unpaired) electrons. The van der Waals surface area contributed by atoms with Crippen molar-refractivity contribution < 1.29 is 40.0 Å². The molecule has 0 unspecified atom stereocenters. The topological polar surface area (TPSA) is 82.1 Å². The molecule has 1 amide bonds. The normalized spacial score (nSPS) is 21.9. The van der Waals surface area contributed by atoms with Crippen molar-refractivity contribution in [2.24, 2.45) is 0 Å². The Hall–Kier alpha value is -2.01. The minimum atomic E-state index is -5.73. The SMILES string of the molecule is CC(C)(C)OC(=O)N1CCC2(CC1)C[C@@H](c1cccc(OS(=O)(=O)C(F)(F)F)c1)CO2. The highest BCUT2D eigenvalue weighted by Gasteiger charge is 2.49. The van der Waals surface area contributed by atoms with E-state index >= 15 is 0 Å². The predicted molar refractivity (Wildman–Crippen MR) is 105 cm³/mol. The second-order valence-electron chi connectivity index (χ2n) is 8.92. The summed E-state index contributed by atoms with van der Waals surface area (Å²) >= 11 is 0. The predicted octanol–water partition coefficient (Wildman–Crippen LogP) is 4.19. The molecule has 0 bridgehead atoms. The molecule has 11 heteroatoms. The van der Waals surface area contributed by atoms with Crippen LogP contribution in [0.1, 0.15) is 51.5 Å². The lowest BCUT2D eigenvalue weighted by molar-refractivity contribution is -0.0502. The molecule has 0 saturated carbocycles. The Balaban J connectivity index is 1.62. The zero-order chi connectivity index (χ0) is 23.1. The summed E-state index contributed by atoms with van der Waals surface area (Å²) < 4.78 is 75.9. The standard InChI is InChI=1S/C20H26F3NO6S/c1-18(2,3)29-17(25)24-9-7-19(8-10-24)12-15(13-28-19)14-5-4-6-16(11-14)30-31(26,27)20(21,22)23/h4-6,11,15H,7-10,12-13H2,1-3H3/t15-/m1/s1. The average Bonchev–Trinajstić information content (AvgIpc) is 3.03. The van der Waals surface area contributed by atoms with E-state index in [1.165, 1.54) is 12.1 Å². The summed E-state index contributed by atoms with van der Waals surface area (Å²) in [5.74, 6) is -0.513. The Labute approximate surface area is 179 Å². The first kappa shape index (κ1) is 23.6. The summed E-state index contributed by atoms with van der Waals surface area (Å²) in [6.07, 6.45) is 1.47. The fourth-order valence-electron chi connectivity index (χ4n) is 3.82. The second kappa shape index (κ2) is 8.16. The smallest absolute Gasteiger partial charge is 0.444 e. The molecule has 2 heterocycles. The van der Waals surface area contributed by atoms with E-state index in [1.807, 2.05) is 0 Å². The first-order valence-corrected chi connectivity index (χ1v) is 11.3. The van der Waals surface area contributed by atoms with E-state index < -0.39 is 32.6 Å². The van der Waals surface area contributed by atoms with Crippen molar-refractivity contribution in [2.45, 2.75) is 62.7 Å². The largest absolute Gasteiger partial charge is 0.534 e. The van der Waals surface area contributed by atoms with Crippen LogP contribution in [0.15, 0.2) is 24.3 Å². The molecule has 0 aromatic heterocycles. The number of piperidine rings is 1. The molecule has 2 aliphatic rings. The molecule has 2 saturated heterocycles. The van der Waals surface area contributed by atoms with Gasteiger partial charge in [0.2, 0.25) is 0 Å².